The van der Waals surface area contributed by atoms with Gasteiger partial charge in [-0.2, -0.15) is 17.5 Å². The Balaban J connectivity index is 1.68. The Labute approximate surface area is 182 Å². The molecule has 0 aromatic carbocycles. The number of carboxylic acid groups (broad SMARTS) is 1. The van der Waals surface area contributed by atoms with E-state index in [4.69, 9.17) is 0 Å². The van der Waals surface area contributed by atoms with Crippen molar-refractivity contribution in [3.63, 3.8) is 0 Å². The molecule has 1 fully saturated rings. The second kappa shape index (κ2) is 7.97. The zero-order valence-corrected chi connectivity index (χ0v) is 17.4. The van der Waals surface area contributed by atoms with Gasteiger partial charge in [0.15, 0.2) is 5.65 Å². The summed E-state index contributed by atoms with van der Waals surface area (Å²) >= 11 is 0.985. The van der Waals surface area contributed by atoms with Crippen LogP contribution in [-0.2, 0) is 4.79 Å². The summed E-state index contributed by atoms with van der Waals surface area (Å²) in [5.74, 6) is -1.93. The molecule has 1 aliphatic heterocycles. The molecular weight excluding hydrogens is 451 g/mol. The molecule has 3 aromatic rings. The lowest BCUT2D eigenvalue weighted by Crippen LogP contribution is -2.51. The number of aromatic carboxylic acids is 1. The van der Waals surface area contributed by atoms with Crippen LogP contribution in [0.5, 0.6) is 0 Å². The minimum Gasteiger partial charge on any atom is -0.477 e. The molecule has 0 bridgehead atoms. The van der Waals surface area contributed by atoms with Gasteiger partial charge in [0.25, 0.3) is 0 Å². The topological polar surface area (TPSA) is 118 Å². The summed E-state index contributed by atoms with van der Waals surface area (Å²) in [7, 11) is 0. The second-order valence-electron chi connectivity index (χ2n) is 7.45. The number of ketones is 1. The first-order chi connectivity index (χ1) is 15.0. The summed E-state index contributed by atoms with van der Waals surface area (Å²) in [4.78, 5) is 46.6. The predicted molar refractivity (Wildman–Crippen MR) is 109 cm³/mol. The van der Waals surface area contributed by atoms with Crippen LogP contribution in [0.15, 0.2) is 23.4 Å². The Morgan fingerprint density at radius 1 is 1.31 bits per heavy atom. The van der Waals surface area contributed by atoms with E-state index in [1.54, 1.807) is 17.9 Å². The molecule has 0 saturated carbocycles. The molecule has 4 rings (SSSR count). The molecule has 1 saturated heterocycles. The van der Waals surface area contributed by atoms with E-state index in [9.17, 15) is 32.7 Å². The first-order valence-corrected chi connectivity index (χ1v) is 10.2. The van der Waals surface area contributed by atoms with E-state index in [0.29, 0.717) is 16.5 Å². The van der Waals surface area contributed by atoms with Crippen LogP contribution in [0.2, 0.25) is 0 Å². The summed E-state index contributed by atoms with van der Waals surface area (Å²) in [6.07, 6.45) is -3.65. The maximum Gasteiger partial charge on any atom is 0.389 e. The van der Waals surface area contributed by atoms with Gasteiger partial charge in [0.1, 0.15) is 23.5 Å². The lowest BCUT2D eigenvalue weighted by atomic mass is 9.92. The number of alkyl halides is 3. The van der Waals surface area contributed by atoms with Crippen molar-refractivity contribution in [3.8, 4) is 5.13 Å². The Morgan fingerprint density at radius 3 is 2.62 bits per heavy atom. The second-order valence-corrected chi connectivity index (χ2v) is 8.21. The quantitative estimate of drug-likeness (QED) is 0.588. The molecule has 168 valence electrons. The molecule has 0 amide bonds. The van der Waals surface area contributed by atoms with Gasteiger partial charge in [-0.1, -0.05) is 0 Å². The molecule has 0 atom stereocenters. The maximum atomic E-state index is 12.8. The van der Waals surface area contributed by atoms with Crippen LogP contribution in [-0.4, -0.2) is 55.0 Å². The third-order valence-corrected chi connectivity index (χ3v) is 5.91. The van der Waals surface area contributed by atoms with Gasteiger partial charge in [0, 0.05) is 37.2 Å². The third kappa shape index (κ3) is 4.07. The summed E-state index contributed by atoms with van der Waals surface area (Å²) in [5.41, 5.74) is -0.472. The number of halogens is 3. The van der Waals surface area contributed by atoms with Crippen molar-refractivity contribution in [2.45, 2.75) is 25.9 Å². The molecule has 3 aromatic heterocycles. The molecule has 9 nitrogen and oxygen atoms in total. The van der Waals surface area contributed by atoms with E-state index < -0.39 is 47.7 Å². The molecule has 4 heterocycles. The van der Waals surface area contributed by atoms with Crippen molar-refractivity contribution in [1.29, 1.82) is 0 Å². The van der Waals surface area contributed by atoms with Crippen LogP contribution in [0.1, 0.15) is 28.8 Å². The van der Waals surface area contributed by atoms with Crippen molar-refractivity contribution in [2.75, 3.05) is 18.0 Å². The van der Waals surface area contributed by atoms with E-state index in [1.165, 1.54) is 10.9 Å². The number of carbonyl (C=O) groups is 2. The van der Waals surface area contributed by atoms with Crippen LogP contribution in [0.25, 0.3) is 16.2 Å². The summed E-state index contributed by atoms with van der Waals surface area (Å²) < 4.78 is 42.3. The van der Waals surface area contributed by atoms with Crippen LogP contribution < -0.4 is 10.3 Å². The van der Waals surface area contributed by atoms with E-state index in [-0.39, 0.29) is 24.1 Å². The highest BCUT2D eigenvalue weighted by molar-refractivity contribution is 7.08. The fourth-order valence-corrected chi connectivity index (χ4v) is 4.06. The molecule has 0 unspecified atom stereocenters. The molecular formula is C19H16F3N5O4S. The van der Waals surface area contributed by atoms with Crippen LogP contribution in [0, 0.1) is 12.8 Å². The first-order valence-electron chi connectivity index (χ1n) is 9.47. The minimum absolute atomic E-state index is 0.113. The number of carboxylic acids is 1. The summed E-state index contributed by atoms with van der Waals surface area (Å²) in [6.45, 7) is 2.06. The number of hydrogen-bond acceptors (Lipinski definition) is 8. The number of Topliss-reactive ketones (excluding diaryl/α,β-unsaturated/α-hetero) is 1. The van der Waals surface area contributed by atoms with Gasteiger partial charge in [-0.3, -0.25) is 14.2 Å². The molecule has 0 aliphatic carbocycles. The van der Waals surface area contributed by atoms with Gasteiger partial charge in [-0.15, -0.1) is 0 Å². The molecule has 1 aliphatic rings. The van der Waals surface area contributed by atoms with Crippen molar-refractivity contribution < 1.29 is 27.9 Å². The van der Waals surface area contributed by atoms with Gasteiger partial charge < -0.3 is 10.0 Å². The molecule has 13 heteroatoms. The van der Waals surface area contributed by atoms with Crippen molar-refractivity contribution in [1.82, 2.24) is 18.9 Å². The van der Waals surface area contributed by atoms with E-state index in [1.807, 2.05) is 0 Å². The highest BCUT2D eigenvalue weighted by atomic mass is 32.1. The van der Waals surface area contributed by atoms with Gasteiger partial charge in [0.2, 0.25) is 10.6 Å². The SMILES string of the molecule is Cc1cc(N2CC(C(=O)CCC(F)(F)F)C2)nc2c1c(=O)c(C(=O)O)cn2-c1ncns1. The van der Waals surface area contributed by atoms with Crippen LogP contribution >= 0.6 is 11.5 Å². The Kier molecular flexibility index (Phi) is 5.44. The highest BCUT2D eigenvalue weighted by Crippen LogP contribution is 2.30. The van der Waals surface area contributed by atoms with Gasteiger partial charge in [-0.05, 0) is 18.6 Å². The lowest BCUT2D eigenvalue weighted by molar-refractivity contribution is -0.145. The first kappa shape index (κ1) is 21.9. The van der Waals surface area contributed by atoms with E-state index >= 15 is 0 Å². The number of anilines is 1. The van der Waals surface area contributed by atoms with Crippen molar-refractivity contribution in [2.24, 2.45) is 5.92 Å². The standard InChI is InChI=1S/C19H16F3N5O4S/c1-9-4-13(26-5-10(6-26)12(28)2-3-19(20,21)22)25-16-14(9)15(29)11(17(30)31)7-27(16)18-23-8-24-32-18/h4,7-8,10H,2-3,5-6H2,1H3,(H,30,31). The van der Waals surface area contributed by atoms with Crippen LogP contribution in [0.4, 0.5) is 19.0 Å². The van der Waals surface area contributed by atoms with Gasteiger partial charge in [-0.25, -0.2) is 14.8 Å². The maximum absolute atomic E-state index is 12.8. The average molecular weight is 467 g/mol. The number of hydrogen-bond donors (Lipinski definition) is 1. The van der Waals surface area contributed by atoms with Gasteiger partial charge >= 0.3 is 12.1 Å². The fourth-order valence-electron chi connectivity index (χ4n) is 3.55. The molecule has 0 radical (unpaired) electrons. The number of fused-ring (bicyclic) bond motifs is 1. The smallest absolute Gasteiger partial charge is 0.389 e. The Hall–Kier alpha value is -3.35. The van der Waals surface area contributed by atoms with E-state index in [2.05, 4.69) is 14.3 Å². The monoisotopic (exact) mass is 467 g/mol. The highest BCUT2D eigenvalue weighted by Gasteiger charge is 2.36. The molecule has 0 spiro atoms. The fraction of sp³-hybridized carbons (Fsp3) is 0.368. The third-order valence-electron chi connectivity index (χ3n) is 5.24. The lowest BCUT2D eigenvalue weighted by Gasteiger charge is -2.39. The van der Waals surface area contributed by atoms with Gasteiger partial charge in [0.05, 0.1) is 17.7 Å². The number of aryl methyl sites for hydroxylation is 1. The van der Waals surface area contributed by atoms with Crippen LogP contribution in [0.3, 0.4) is 0 Å². The van der Waals surface area contributed by atoms with Crippen molar-refractivity contribution in [3.05, 3.63) is 39.9 Å². The number of nitrogens with zero attached hydrogens (tertiary/aromatic N) is 5. The number of aromatic nitrogens is 4. The zero-order chi connectivity index (χ0) is 23.2. The Morgan fingerprint density at radius 2 is 2.03 bits per heavy atom. The number of pyridine rings is 2. The number of rotatable bonds is 6. The Bertz CT molecular complexity index is 1270. The predicted octanol–water partition coefficient (Wildman–Crippen LogP) is 2.59. The average Bonchev–Trinajstić information content (AvgIpc) is 3.19. The minimum atomic E-state index is -4.38. The molecule has 32 heavy (non-hydrogen) atoms. The molecule has 1 N–H and O–H groups in total. The zero-order valence-electron chi connectivity index (χ0n) is 16.6. The van der Waals surface area contributed by atoms with Crippen molar-refractivity contribution >= 4 is 40.1 Å². The summed E-state index contributed by atoms with van der Waals surface area (Å²) in [6, 6.07) is 1.59. The largest absolute Gasteiger partial charge is 0.477 e. The van der Waals surface area contributed by atoms with E-state index in [0.717, 1.165) is 17.7 Å². The number of carbonyl (C=O) groups excluding carboxylic acids is 1. The summed E-state index contributed by atoms with van der Waals surface area (Å²) in [5, 5.41) is 9.85. The normalized spacial score (nSPS) is 14.6.